The molecule has 1 amide bonds. The van der Waals surface area contributed by atoms with Gasteiger partial charge in [0.2, 0.25) is 5.60 Å². The second-order valence-electron chi connectivity index (χ2n) is 7.46. The number of nitrogens with one attached hydrogen (secondary N) is 1. The van der Waals surface area contributed by atoms with Gasteiger partial charge in [0, 0.05) is 22.9 Å². The Kier molecular flexibility index (Phi) is 5.69. The maximum atomic E-state index is 14.3. The first kappa shape index (κ1) is 20.7. The molecular weight excluding hydrogens is 408 g/mol. The number of hydrogen-bond acceptors (Lipinski definition) is 3. The van der Waals surface area contributed by atoms with Crippen molar-refractivity contribution in [2.45, 2.75) is 57.7 Å². The standard InChI is InChI=1S/C19H22BrF2NO3/c1-17(2,3)26-16(24)23-15-11-13(20)7-8-14(15)19(25,18(4,21)22)10-9-12-5-6-12/h7-8,11-12,25H,5-6H2,1-4H3,(H,23,24). The van der Waals surface area contributed by atoms with Crippen LogP contribution in [-0.2, 0) is 10.3 Å². The first-order chi connectivity index (χ1) is 11.8. The minimum atomic E-state index is -3.55. The lowest BCUT2D eigenvalue weighted by Crippen LogP contribution is -2.43. The van der Waals surface area contributed by atoms with E-state index in [4.69, 9.17) is 4.74 Å². The molecule has 1 aliphatic rings. The fourth-order valence-corrected chi connectivity index (χ4v) is 2.56. The zero-order valence-corrected chi connectivity index (χ0v) is 16.7. The number of anilines is 1. The quantitative estimate of drug-likeness (QED) is 0.660. The van der Waals surface area contributed by atoms with Crippen LogP contribution in [0.2, 0.25) is 0 Å². The molecule has 4 nitrogen and oxygen atoms in total. The summed E-state index contributed by atoms with van der Waals surface area (Å²) >= 11 is 3.24. The predicted octanol–water partition coefficient (Wildman–Crippen LogP) is 5.05. The van der Waals surface area contributed by atoms with Crippen LogP contribution in [0.25, 0.3) is 0 Å². The Morgan fingerprint density at radius 3 is 2.42 bits per heavy atom. The van der Waals surface area contributed by atoms with E-state index in [0.29, 0.717) is 11.4 Å². The smallest absolute Gasteiger partial charge is 0.412 e. The van der Waals surface area contributed by atoms with E-state index in [1.165, 1.54) is 18.2 Å². The first-order valence-corrected chi connectivity index (χ1v) is 9.04. The van der Waals surface area contributed by atoms with Gasteiger partial charge in [0.1, 0.15) is 5.60 Å². The highest BCUT2D eigenvalue weighted by molar-refractivity contribution is 9.10. The van der Waals surface area contributed by atoms with Crippen LogP contribution in [0.15, 0.2) is 22.7 Å². The third-order valence-corrected chi connectivity index (χ3v) is 4.17. The van der Waals surface area contributed by atoms with E-state index in [1.807, 2.05) is 0 Å². The molecular formula is C19H22BrF2NO3. The molecule has 26 heavy (non-hydrogen) atoms. The Hall–Kier alpha value is -1.65. The van der Waals surface area contributed by atoms with Crippen molar-refractivity contribution in [3.05, 3.63) is 28.2 Å². The predicted molar refractivity (Wildman–Crippen MR) is 99.0 cm³/mol. The second kappa shape index (κ2) is 7.16. The molecule has 1 aliphatic carbocycles. The average molecular weight is 430 g/mol. The fraction of sp³-hybridized carbons (Fsp3) is 0.526. The number of hydrogen-bond donors (Lipinski definition) is 2. The van der Waals surface area contributed by atoms with Gasteiger partial charge in [-0.3, -0.25) is 5.32 Å². The van der Waals surface area contributed by atoms with Gasteiger partial charge in [-0.2, -0.15) is 0 Å². The molecule has 1 aromatic rings. The van der Waals surface area contributed by atoms with Crippen molar-refractivity contribution < 1.29 is 23.4 Å². The van der Waals surface area contributed by atoms with Crippen LogP contribution in [0.1, 0.15) is 46.1 Å². The molecule has 1 unspecified atom stereocenters. The summed E-state index contributed by atoms with van der Waals surface area (Å²) in [6.45, 7) is 5.66. The van der Waals surface area contributed by atoms with Crippen molar-refractivity contribution in [1.82, 2.24) is 0 Å². The van der Waals surface area contributed by atoms with Gasteiger partial charge >= 0.3 is 6.09 Å². The topological polar surface area (TPSA) is 58.6 Å². The van der Waals surface area contributed by atoms with E-state index in [9.17, 15) is 18.7 Å². The maximum absolute atomic E-state index is 14.3. The summed E-state index contributed by atoms with van der Waals surface area (Å²) in [7, 11) is 0. The average Bonchev–Trinajstić information content (AvgIpc) is 3.25. The van der Waals surface area contributed by atoms with Crippen LogP contribution in [0.3, 0.4) is 0 Å². The van der Waals surface area contributed by atoms with Gasteiger partial charge in [0.25, 0.3) is 5.92 Å². The van der Waals surface area contributed by atoms with Gasteiger partial charge in [-0.05, 0) is 45.7 Å². The molecule has 2 N–H and O–H groups in total. The molecule has 142 valence electrons. The van der Waals surface area contributed by atoms with Crippen LogP contribution < -0.4 is 5.32 Å². The molecule has 0 radical (unpaired) electrons. The largest absolute Gasteiger partial charge is 0.444 e. The van der Waals surface area contributed by atoms with E-state index in [-0.39, 0.29) is 17.2 Å². The maximum Gasteiger partial charge on any atom is 0.412 e. The Bertz CT molecular complexity index is 755. The summed E-state index contributed by atoms with van der Waals surface area (Å²) in [4.78, 5) is 12.1. The van der Waals surface area contributed by atoms with Gasteiger partial charge in [-0.15, -0.1) is 0 Å². The molecule has 1 fully saturated rings. The normalized spacial score (nSPS) is 16.9. The number of amides is 1. The summed E-state index contributed by atoms with van der Waals surface area (Å²) in [5.74, 6) is 1.52. The summed E-state index contributed by atoms with van der Waals surface area (Å²) in [5.41, 5.74) is -3.68. The Labute approximate surface area is 160 Å². The van der Waals surface area contributed by atoms with Crippen LogP contribution >= 0.6 is 15.9 Å². The van der Waals surface area contributed by atoms with Crippen molar-refractivity contribution in [1.29, 1.82) is 0 Å². The van der Waals surface area contributed by atoms with Crippen molar-refractivity contribution in [3.8, 4) is 11.8 Å². The van der Waals surface area contributed by atoms with Gasteiger partial charge in [0.15, 0.2) is 0 Å². The number of ether oxygens (including phenoxy) is 1. The molecule has 0 saturated heterocycles. The summed E-state index contributed by atoms with van der Waals surface area (Å²) in [6.07, 6.45) is 0.859. The van der Waals surface area contributed by atoms with Crippen LogP contribution in [0.5, 0.6) is 0 Å². The lowest BCUT2D eigenvalue weighted by atomic mass is 9.87. The summed E-state index contributed by atoms with van der Waals surface area (Å²) < 4.78 is 34.3. The third kappa shape index (κ3) is 5.18. The van der Waals surface area contributed by atoms with Gasteiger partial charge < -0.3 is 9.84 Å². The molecule has 0 bridgehead atoms. The number of alkyl halides is 2. The highest BCUT2D eigenvalue weighted by Crippen LogP contribution is 2.42. The molecule has 1 saturated carbocycles. The minimum Gasteiger partial charge on any atom is -0.444 e. The van der Waals surface area contributed by atoms with E-state index < -0.39 is 23.2 Å². The number of halogens is 3. The first-order valence-electron chi connectivity index (χ1n) is 8.25. The van der Waals surface area contributed by atoms with Gasteiger partial charge in [-0.1, -0.05) is 33.8 Å². The molecule has 1 atom stereocenters. The number of aliphatic hydroxyl groups is 1. The van der Waals surface area contributed by atoms with Gasteiger partial charge in [-0.25, -0.2) is 13.6 Å². The summed E-state index contributed by atoms with van der Waals surface area (Å²) in [5, 5.41) is 13.2. The van der Waals surface area contributed by atoms with Crippen LogP contribution in [0.4, 0.5) is 19.3 Å². The third-order valence-electron chi connectivity index (χ3n) is 3.68. The SMILES string of the molecule is CC(C)(C)OC(=O)Nc1cc(Br)ccc1C(O)(C#CC1CC1)C(C)(F)F. The van der Waals surface area contributed by atoms with E-state index >= 15 is 0 Å². The van der Waals surface area contributed by atoms with E-state index in [2.05, 4.69) is 33.1 Å². The highest BCUT2D eigenvalue weighted by Gasteiger charge is 2.51. The van der Waals surface area contributed by atoms with Crippen molar-refractivity contribution in [2.24, 2.45) is 5.92 Å². The van der Waals surface area contributed by atoms with Gasteiger partial charge in [0.05, 0.1) is 5.69 Å². The second-order valence-corrected chi connectivity index (χ2v) is 8.37. The number of rotatable bonds is 3. The fourth-order valence-electron chi connectivity index (χ4n) is 2.20. The van der Waals surface area contributed by atoms with E-state index in [1.54, 1.807) is 20.8 Å². The molecule has 2 rings (SSSR count). The molecule has 0 aromatic heterocycles. The van der Waals surface area contributed by atoms with E-state index in [0.717, 1.165) is 12.8 Å². The molecule has 1 aromatic carbocycles. The lowest BCUT2D eigenvalue weighted by Gasteiger charge is -2.31. The van der Waals surface area contributed by atoms with Crippen LogP contribution in [0, 0.1) is 17.8 Å². The van der Waals surface area contributed by atoms with Crippen LogP contribution in [-0.4, -0.2) is 22.7 Å². The zero-order valence-electron chi connectivity index (χ0n) is 15.1. The molecule has 7 heteroatoms. The highest BCUT2D eigenvalue weighted by atomic mass is 79.9. The Morgan fingerprint density at radius 1 is 1.31 bits per heavy atom. The van der Waals surface area contributed by atoms with Crippen molar-refractivity contribution >= 4 is 27.7 Å². The monoisotopic (exact) mass is 429 g/mol. The van der Waals surface area contributed by atoms with Crippen molar-refractivity contribution in [3.63, 3.8) is 0 Å². The summed E-state index contributed by atoms with van der Waals surface area (Å²) in [6, 6.07) is 4.25. The number of carbonyl (C=O) groups is 1. The lowest BCUT2D eigenvalue weighted by molar-refractivity contribution is -0.140. The van der Waals surface area contributed by atoms with Crippen molar-refractivity contribution in [2.75, 3.05) is 5.32 Å². The molecule has 0 spiro atoms. The minimum absolute atomic E-state index is 0.00254. The number of carbonyl (C=O) groups excluding carboxylic acids is 1. The Morgan fingerprint density at radius 2 is 1.92 bits per heavy atom. The Balaban J connectivity index is 2.46. The molecule has 0 aliphatic heterocycles. The molecule has 0 heterocycles. The number of benzene rings is 1. The zero-order chi connectivity index (χ0) is 19.8.